The lowest BCUT2D eigenvalue weighted by molar-refractivity contribution is 0.350. The van der Waals surface area contributed by atoms with Crippen LogP contribution >= 0.6 is 11.6 Å². The van der Waals surface area contributed by atoms with Gasteiger partial charge in [0, 0.05) is 11.6 Å². The summed E-state index contributed by atoms with van der Waals surface area (Å²) in [6.45, 7) is 0.177. The molecule has 102 valence electrons. The number of aliphatic hydroxyl groups excluding tert-OH is 1. The van der Waals surface area contributed by atoms with Crippen molar-refractivity contribution < 1.29 is 13.5 Å². The third-order valence-electron chi connectivity index (χ3n) is 2.88. The summed E-state index contributed by atoms with van der Waals surface area (Å²) in [6.07, 6.45) is 1.51. The van der Waals surface area contributed by atoms with Crippen LogP contribution in [-0.2, 0) is 10.0 Å². The SMILES string of the molecule is O=S1(=O)CCCCN1c1ccc(Cl)cc1C#CCO. The second kappa shape index (κ2) is 5.83. The molecule has 1 fully saturated rings. The van der Waals surface area contributed by atoms with Crippen LogP contribution in [0.3, 0.4) is 0 Å². The Balaban J connectivity index is 2.49. The minimum atomic E-state index is -3.28. The first-order valence-corrected chi connectivity index (χ1v) is 7.93. The molecule has 0 unspecified atom stereocenters. The van der Waals surface area contributed by atoms with E-state index in [-0.39, 0.29) is 12.4 Å². The van der Waals surface area contributed by atoms with Gasteiger partial charge in [-0.1, -0.05) is 23.4 Å². The van der Waals surface area contributed by atoms with Crippen LogP contribution in [0.1, 0.15) is 18.4 Å². The molecule has 1 aliphatic rings. The van der Waals surface area contributed by atoms with Crippen molar-refractivity contribution in [3.05, 3.63) is 28.8 Å². The number of sulfonamides is 1. The van der Waals surface area contributed by atoms with Gasteiger partial charge < -0.3 is 5.11 Å². The molecule has 19 heavy (non-hydrogen) atoms. The van der Waals surface area contributed by atoms with E-state index >= 15 is 0 Å². The number of halogens is 1. The molecule has 0 saturated carbocycles. The summed E-state index contributed by atoms with van der Waals surface area (Å²) in [7, 11) is -3.28. The Morgan fingerprint density at radius 1 is 1.37 bits per heavy atom. The summed E-state index contributed by atoms with van der Waals surface area (Å²) in [6, 6.07) is 4.92. The van der Waals surface area contributed by atoms with Gasteiger partial charge in [-0.3, -0.25) is 4.31 Å². The predicted octanol–water partition coefficient (Wildman–Crippen LogP) is 1.61. The standard InChI is InChI=1S/C13H14ClNO3S/c14-12-5-6-13(11(10-12)4-3-8-16)15-7-1-2-9-19(15,17)18/h5-6,10,16H,1-2,7-9H2. The van der Waals surface area contributed by atoms with E-state index in [1.165, 1.54) is 4.31 Å². The first kappa shape index (κ1) is 14.2. The van der Waals surface area contributed by atoms with E-state index < -0.39 is 10.0 Å². The molecule has 1 aromatic rings. The van der Waals surface area contributed by atoms with E-state index in [4.69, 9.17) is 16.7 Å². The molecule has 1 aliphatic heterocycles. The quantitative estimate of drug-likeness (QED) is 0.802. The zero-order valence-corrected chi connectivity index (χ0v) is 11.8. The van der Waals surface area contributed by atoms with E-state index in [1.807, 2.05) is 0 Å². The van der Waals surface area contributed by atoms with Crippen LogP contribution in [0.25, 0.3) is 0 Å². The first-order valence-electron chi connectivity index (χ1n) is 5.94. The molecule has 6 heteroatoms. The van der Waals surface area contributed by atoms with Gasteiger partial charge in [-0.25, -0.2) is 8.42 Å². The lowest BCUT2D eigenvalue weighted by Gasteiger charge is -2.29. The van der Waals surface area contributed by atoms with E-state index in [9.17, 15) is 8.42 Å². The van der Waals surface area contributed by atoms with Crippen molar-refractivity contribution in [2.75, 3.05) is 23.2 Å². The Hall–Kier alpha value is -1.22. The zero-order valence-electron chi connectivity index (χ0n) is 10.3. The molecule has 0 spiro atoms. The molecule has 4 nitrogen and oxygen atoms in total. The monoisotopic (exact) mass is 299 g/mol. The van der Waals surface area contributed by atoms with Crippen LogP contribution in [0.2, 0.25) is 5.02 Å². The summed E-state index contributed by atoms with van der Waals surface area (Å²) in [5.41, 5.74) is 1.05. The van der Waals surface area contributed by atoms with Crippen molar-refractivity contribution in [3.8, 4) is 11.8 Å². The second-order valence-corrected chi connectivity index (χ2v) is 6.67. The molecule has 0 atom stereocenters. The highest BCUT2D eigenvalue weighted by Gasteiger charge is 2.27. The minimum absolute atomic E-state index is 0.155. The molecular formula is C13H14ClNO3S. The van der Waals surface area contributed by atoms with Gasteiger partial charge >= 0.3 is 0 Å². The fourth-order valence-corrected chi connectivity index (χ4v) is 3.85. The highest BCUT2D eigenvalue weighted by atomic mass is 35.5. The van der Waals surface area contributed by atoms with Crippen LogP contribution < -0.4 is 4.31 Å². The molecule has 1 heterocycles. The Labute approximate surface area is 118 Å². The molecule has 2 rings (SSSR count). The summed E-state index contributed by atoms with van der Waals surface area (Å²) < 4.78 is 25.6. The highest BCUT2D eigenvalue weighted by Crippen LogP contribution is 2.28. The molecule has 1 saturated heterocycles. The lowest BCUT2D eigenvalue weighted by Crippen LogP contribution is -2.38. The average Bonchev–Trinajstić information content (AvgIpc) is 2.37. The topological polar surface area (TPSA) is 57.6 Å². The average molecular weight is 300 g/mol. The number of rotatable bonds is 1. The van der Waals surface area contributed by atoms with Gasteiger partial charge in [0.15, 0.2) is 0 Å². The van der Waals surface area contributed by atoms with Crippen molar-refractivity contribution in [1.82, 2.24) is 0 Å². The normalized spacial score (nSPS) is 17.7. The Morgan fingerprint density at radius 3 is 2.84 bits per heavy atom. The highest BCUT2D eigenvalue weighted by molar-refractivity contribution is 7.92. The minimum Gasteiger partial charge on any atom is -0.384 e. The molecular weight excluding hydrogens is 286 g/mol. The maximum absolute atomic E-state index is 12.1. The molecule has 0 aliphatic carbocycles. The van der Waals surface area contributed by atoms with Gasteiger partial charge in [0.2, 0.25) is 10.0 Å². The Kier molecular flexibility index (Phi) is 4.35. The number of anilines is 1. The van der Waals surface area contributed by atoms with E-state index in [2.05, 4.69) is 11.8 Å². The maximum atomic E-state index is 12.1. The van der Waals surface area contributed by atoms with Crippen LogP contribution in [0, 0.1) is 11.8 Å². The predicted molar refractivity (Wildman–Crippen MR) is 75.8 cm³/mol. The third-order valence-corrected chi connectivity index (χ3v) is 4.97. The largest absolute Gasteiger partial charge is 0.384 e. The summed E-state index contributed by atoms with van der Waals surface area (Å²) in [4.78, 5) is 0. The summed E-state index contributed by atoms with van der Waals surface area (Å²) in [5, 5.41) is 9.25. The molecule has 0 bridgehead atoms. The van der Waals surface area contributed by atoms with Crippen molar-refractivity contribution in [1.29, 1.82) is 0 Å². The smallest absolute Gasteiger partial charge is 0.235 e. The van der Waals surface area contributed by atoms with Crippen molar-refractivity contribution >= 4 is 27.3 Å². The summed E-state index contributed by atoms with van der Waals surface area (Å²) >= 11 is 5.91. The fraction of sp³-hybridized carbons (Fsp3) is 0.385. The Bertz CT molecular complexity index is 631. The number of nitrogens with zero attached hydrogens (tertiary/aromatic N) is 1. The van der Waals surface area contributed by atoms with Crippen LogP contribution in [0.15, 0.2) is 18.2 Å². The van der Waals surface area contributed by atoms with Crippen molar-refractivity contribution in [2.45, 2.75) is 12.8 Å². The number of hydrogen-bond acceptors (Lipinski definition) is 3. The van der Waals surface area contributed by atoms with Gasteiger partial charge in [-0.15, -0.1) is 0 Å². The number of benzene rings is 1. The van der Waals surface area contributed by atoms with Crippen molar-refractivity contribution in [2.24, 2.45) is 0 Å². The Morgan fingerprint density at radius 2 is 2.16 bits per heavy atom. The lowest BCUT2D eigenvalue weighted by atomic mass is 10.1. The van der Waals surface area contributed by atoms with Gasteiger partial charge in [0.25, 0.3) is 0 Å². The molecule has 0 amide bonds. The first-order chi connectivity index (χ1) is 9.04. The molecule has 1 N–H and O–H groups in total. The van der Waals surface area contributed by atoms with Gasteiger partial charge in [0.1, 0.15) is 6.61 Å². The zero-order chi connectivity index (χ0) is 13.9. The molecule has 1 aromatic carbocycles. The number of hydrogen-bond donors (Lipinski definition) is 1. The number of aliphatic hydroxyl groups is 1. The van der Waals surface area contributed by atoms with Crippen LogP contribution in [0.4, 0.5) is 5.69 Å². The fourth-order valence-electron chi connectivity index (χ4n) is 2.02. The molecule has 0 aromatic heterocycles. The van der Waals surface area contributed by atoms with Crippen LogP contribution in [0.5, 0.6) is 0 Å². The third kappa shape index (κ3) is 3.21. The van der Waals surface area contributed by atoms with E-state index in [0.29, 0.717) is 29.2 Å². The van der Waals surface area contributed by atoms with Crippen LogP contribution in [-0.4, -0.2) is 32.4 Å². The second-order valence-electron chi connectivity index (χ2n) is 4.22. The van der Waals surface area contributed by atoms with E-state index in [1.54, 1.807) is 18.2 Å². The molecule has 0 radical (unpaired) electrons. The van der Waals surface area contributed by atoms with Gasteiger partial charge in [-0.05, 0) is 31.0 Å². The van der Waals surface area contributed by atoms with Gasteiger partial charge in [0.05, 0.1) is 17.0 Å². The maximum Gasteiger partial charge on any atom is 0.235 e. The van der Waals surface area contributed by atoms with E-state index in [0.717, 1.165) is 6.42 Å². The van der Waals surface area contributed by atoms with Crippen molar-refractivity contribution in [3.63, 3.8) is 0 Å². The summed E-state index contributed by atoms with van der Waals surface area (Å²) in [5.74, 6) is 5.43. The van der Waals surface area contributed by atoms with Gasteiger partial charge in [-0.2, -0.15) is 0 Å².